The van der Waals surface area contributed by atoms with Crippen molar-refractivity contribution in [2.75, 3.05) is 49.3 Å². The van der Waals surface area contributed by atoms with Gasteiger partial charge >= 0.3 is 11.8 Å². The van der Waals surface area contributed by atoms with Gasteiger partial charge in [0.1, 0.15) is 17.1 Å². The summed E-state index contributed by atoms with van der Waals surface area (Å²) in [7, 11) is 5.28. The number of ether oxygens (including phenoxy) is 1. The Hall–Kier alpha value is -2.78. The van der Waals surface area contributed by atoms with Gasteiger partial charge in [0, 0.05) is 46.3 Å². The fraction of sp³-hybridized carbons (Fsp3) is 0.667. The van der Waals surface area contributed by atoms with E-state index in [-0.39, 0.29) is 17.5 Å². The maximum Gasteiger partial charge on any atom is 0.407 e. The van der Waals surface area contributed by atoms with Crippen LogP contribution in [0.15, 0.2) is 6.07 Å². The van der Waals surface area contributed by atoms with Crippen LogP contribution in [-0.2, 0) is 4.74 Å². The van der Waals surface area contributed by atoms with Crippen molar-refractivity contribution in [3.05, 3.63) is 16.2 Å². The van der Waals surface area contributed by atoms with Gasteiger partial charge in [-0.05, 0) is 33.6 Å². The standard InChI is InChI=1S/C18H30N6O4/c1-18(2,3)28-17(25)20-12-8-7-9-23(11-12)13-10-14(22(5)6)21-16(19-4)15(13)24(26)27/h10,12H,7-9,11H2,1-6H3,(H,19,21)(H,20,25)/t12-/m1/s1. The number of carbonyl (C=O) groups is 1. The van der Waals surface area contributed by atoms with Crippen LogP contribution in [-0.4, -0.2) is 61.9 Å². The zero-order valence-electron chi connectivity index (χ0n) is 17.4. The largest absolute Gasteiger partial charge is 0.444 e. The number of hydrogen-bond donors (Lipinski definition) is 2. The Morgan fingerprint density at radius 3 is 2.64 bits per heavy atom. The highest BCUT2D eigenvalue weighted by atomic mass is 16.6. The van der Waals surface area contributed by atoms with Crippen LogP contribution in [0.25, 0.3) is 0 Å². The fourth-order valence-electron chi connectivity index (χ4n) is 3.12. The molecule has 0 bridgehead atoms. The van der Waals surface area contributed by atoms with Crippen LogP contribution in [0, 0.1) is 10.1 Å². The van der Waals surface area contributed by atoms with Gasteiger partial charge in [-0.2, -0.15) is 0 Å². The highest BCUT2D eigenvalue weighted by Crippen LogP contribution is 2.38. The first-order valence-electron chi connectivity index (χ1n) is 9.30. The molecule has 1 aliphatic heterocycles. The third-order valence-electron chi connectivity index (χ3n) is 4.32. The Bertz CT molecular complexity index is 732. The maximum absolute atomic E-state index is 12.1. The summed E-state index contributed by atoms with van der Waals surface area (Å²) in [6, 6.07) is 1.56. The molecular formula is C18H30N6O4. The van der Waals surface area contributed by atoms with E-state index in [2.05, 4.69) is 15.6 Å². The van der Waals surface area contributed by atoms with Gasteiger partial charge in [-0.1, -0.05) is 0 Å². The quantitative estimate of drug-likeness (QED) is 0.579. The number of nitrogens with one attached hydrogen (secondary N) is 2. The van der Waals surface area contributed by atoms with Crippen LogP contribution in [0.1, 0.15) is 33.6 Å². The molecule has 2 N–H and O–H groups in total. The number of pyridine rings is 1. The van der Waals surface area contributed by atoms with E-state index < -0.39 is 16.6 Å². The van der Waals surface area contributed by atoms with Crippen molar-refractivity contribution in [2.24, 2.45) is 0 Å². The molecule has 1 saturated heterocycles. The number of hydrogen-bond acceptors (Lipinski definition) is 8. The van der Waals surface area contributed by atoms with Crippen LogP contribution in [0.3, 0.4) is 0 Å². The molecule has 2 rings (SSSR count). The number of aromatic nitrogens is 1. The number of nitro groups is 1. The molecule has 10 nitrogen and oxygen atoms in total. The molecule has 28 heavy (non-hydrogen) atoms. The minimum atomic E-state index is -0.579. The molecule has 1 atom stereocenters. The van der Waals surface area contributed by atoms with Gasteiger partial charge in [-0.3, -0.25) is 10.1 Å². The smallest absolute Gasteiger partial charge is 0.407 e. The van der Waals surface area contributed by atoms with Gasteiger partial charge < -0.3 is 25.2 Å². The van der Waals surface area contributed by atoms with Crippen LogP contribution >= 0.6 is 0 Å². The zero-order chi connectivity index (χ0) is 21.1. The lowest BCUT2D eigenvalue weighted by Crippen LogP contribution is -2.49. The Kier molecular flexibility index (Phi) is 6.52. The molecule has 0 aromatic carbocycles. The maximum atomic E-state index is 12.1. The molecule has 1 fully saturated rings. The van der Waals surface area contributed by atoms with Gasteiger partial charge in [-0.25, -0.2) is 9.78 Å². The van der Waals surface area contributed by atoms with Crippen molar-refractivity contribution in [3.63, 3.8) is 0 Å². The van der Waals surface area contributed by atoms with E-state index in [1.807, 2.05) is 39.8 Å². The molecule has 1 aromatic rings. The second-order valence-corrected chi connectivity index (χ2v) is 8.03. The van der Waals surface area contributed by atoms with Gasteiger partial charge in [-0.15, -0.1) is 0 Å². The Balaban J connectivity index is 2.29. The van der Waals surface area contributed by atoms with Crippen molar-refractivity contribution in [2.45, 2.75) is 45.3 Å². The minimum absolute atomic E-state index is 0.0639. The summed E-state index contributed by atoms with van der Waals surface area (Å²) >= 11 is 0. The second kappa shape index (κ2) is 8.49. The molecule has 1 aromatic heterocycles. The van der Waals surface area contributed by atoms with E-state index >= 15 is 0 Å². The third kappa shape index (κ3) is 5.37. The first-order valence-corrected chi connectivity index (χ1v) is 9.30. The van der Waals surface area contributed by atoms with Gasteiger partial charge in [0.2, 0.25) is 5.82 Å². The highest BCUT2D eigenvalue weighted by Gasteiger charge is 2.31. The Morgan fingerprint density at radius 2 is 2.11 bits per heavy atom. The van der Waals surface area contributed by atoms with Crippen molar-refractivity contribution < 1.29 is 14.5 Å². The minimum Gasteiger partial charge on any atom is -0.444 e. The lowest BCUT2D eigenvalue weighted by Gasteiger charge is -2.35. The van der Waals surface area contributed by atoms with Gasteiger partial charge in [0.05, 0.1) is 4.92 Å². The molecule has 10 heteroatoms. The molecule has 0 radical (unpaired) electrons. The van der Waals surface area contributed by atoms with Crippen molar-refractivity contribution >= 4 is 29.1 Å². The number of carbonyl (C=O) groups excluding carboxylic acids is 1. The molecule has 0 spiro atoms. The van der Waals surface area contributed by atoms with Gasteiger partial charge in [0.25, 0.3) is 0 Å². The average molecular weight is 394 g/mol. The topological polar surface area (TPSA) is 113 Å². The summed E-state index contributed by atoms with van der Waals surface area (Å²) in [5, 5.41) is 17.4. The summed E-state index contributed by atoms with van der Waals surface area (Å²) in [6.45, 7) is 6.54. The number of amides is 1. The molecule has 0 unspecified atom stereocenters. The molecule has 0 aliphatic carbocycles. The van der Waals surface area contributed by atoms with E-state index in [4.69, 9.17) is 4.74 Å². The SMILES string of the molecule is CNc1nc(N(C)C)cc(N2CCC[C@@H](NC(=O)OC(C)(C)C)C2)c1[N+](=O)[O-]. The van der Waals surface area contributed by atoms with E-state index in [9.17, 15) is 14.9 Å². The number of alkyl carbamates (subject to hydrolysis) is 1. The molecule has 1 amide bonds. The summed E-state index contributed by atoms with van der Waals surface area (Å²) < 4.78 is 5.33. The lowest BCUT2D eigenvalue weighted by molar-refractivity contribution is -0.383. The number of piperidine rings is 1. The third-order valence-corrected chi connectivity index (χ3v) is 4.32. The molecule has 0 saturated carbocycles. The first-order chi connectivity index (χ1) is 13.0. The van der Waals surface area contributed by atoms with Crippen LogP contribution in [0.5, 0.6) is 0 Å². The zero-order valence-corrected chi connectivity index (χ0v) is 17.4. The van der Waals surface area contributed by atoms with Crippen molar-refractivity contribution in [3.8, 4) is 0 Å². The fourth-order valence-corrected chi connectivity index (χ4v) is 3.12. The molecule has 156 valence electrons. The Morgan fingerprint density at radius 1 is 1.43 bits per heavy atom. The van der Waals surface area contributed by atoms with E-state index in [0.717, 1.165) is 12.8 Å². The number of rotatable bonds is 5. The van der Waals surface area contributed by atoms with E-state index in [0.29, 0.717) is 24.6 Å². The predicted octanol–water partition coefficient (Wildman–Crippen LogP) is 2.59. The number of nitrogens with zero attached hydrogens (tertiary/aromatic N) is 4. The average Bonchev–Trinajstić information content (AvgIpc) is 2.58. The highest BCUT2D eigenvalue weighted by molar-refractivity contribution is 5.78. The predicted molar refractivity (Wildman–Crippen MR) is 109 cm³/mol. The van der Waals surface area contributed by atoms with Gasteiger partial charge in [0.15, 0.2) is 0 Å². The molecule has 2 heterocycles. The Labute approximate surface area is 165 Å². The van der Waals surface area contributed by atoms with Crippen molar-refractivity contribution in [1.29, 1.82) is 0 Å². The van der Waals surface area contributed by atoms with Crippen molar-refractivity contribution in [1.82, 2.24) is 10.3 Å². The monoisotopic (exact) mass is 394 g/mol. The molecular weight excluding hydrogens is 364 g/mol. The second-order valence-electron chi connectivity index (χ2n) is 8.03. The summed E-state index contributed by atoms with van der Waals surface area (Å²) in [4.78, 5) is 31.5. The lowest BCUT2D eigenvalue weighted by atomic mass is 10.0. The summed E-state index contributed by atoms with van der Waals surface area (Å²) in [5.41, 5.74) is -0.153. The van der Waals surface area contributed by atoms with Crippen LogP contribution < -0.4 is 20.4 Å². The summed E-state index contributed by atoms with van der Waals surface area (Å²) in [5.74, 6) is 0.834. The van der Waals surface area contributed by atoms with E-state index in [1.165, 1.54) is 0 Å². The number of anilines is 3. The summed E-state index contributed by atoms with van der Waals surface area (Å²) in [6.07, 6.45) is 1.11. The normalized spacial score (nSPS) is 17.1. The van der Waals surface area contributed by atoms with Crippen LogP contribution in [0.4, 0.5) is 27.8 Å². The van der Waals surface area contributed by atoms with E-state index in [1.54, 1.807) is 18.0 Å². The first kappa shape index (κ1) is 21.5. The molecule has 1 aliphatic rings. The van der Waals surface area contributed by atoms with Crippen LogP contribution in [0.2, 0.25) is 0 Å².